The van der Waals surface area contributed by atoms with E-state index in [1.165, 1.54) is 6.42 Å². The minimum absolute atomic E-state index is 0.369. The maximum Gasteiger partial charge on any atom is 0.280 e. The first kappa shape index (κ1) is 11.3. The van der Waals surface area contributed by atoms with Gasteiger partial charge in [-0.05, 0) is 19.4 Å². The van der Waals surface area contributed by atoms with E-state index in [9.17, 15) is 0 Å². The van der Waals surface area contributed by atoms with Crippen molar-refractivity contribution < 1.29 is 4.52 Å². The molecule has 2 aromatic rings. The minimum atomic E-state index is 0.369. The molecule has 0 radical (unpaired) electrons. The second-order valence-electron chi connectivity index (χ2n) is 4.45. The Morgan fingerprint density at radius 2 is 2.50 bits per heavy atom. The number of nitrogens with zero attached hydrogens (tertiary/aromatic N) is 5. The molecule has 1 aliphatic rings. The average molecular weight is 248 g/mol. The number of hydrogen-bond donors (Lipinski definition) is 1. The first-order chi connectivity index (χ1) is 8.86. The molecule has 3 heterocycles. The second kappa shape index (κ2) is 4.85. The molecule has 1 saturated heterocycles. The Labute approximate surface area is 105 Å². The fourth-order valence-corrected chi connectivity index (χ4v) is 2.11. The van der Waals surface area contributed by atoms with Gasteiger partial charge in [0.1, 0.15) is 0 Å². The lowest BCUT2D eigenvalue weighted by atomic mass is 10.1. The highest BCUT2D eigenvalue weighted by atomic mass is 16.5. The Morgan fingerprint density at radius 3 is 3.22 bits per heavy atom. The van der Waals surface area contributed by atoms with Crippen molar-refractivity contribution in [1.29, 1.82) is 0 Å². The Kier molecular flexibility index (Phi) is 3.06. The predicted octanol–water partition coefficient (Wildman–Crippen LogP) is 0.815. The highest BCUT2D eigenvalue weighted by Crippen LogP contribution is 2.19. The Hall–Kier alpha value is -1.76. The molecule has 0 bridgehead atoms. The van der Waals surface area contributed by atoms with Crippen molar-refractivity contribution >= 4 is 0 Å². The van der Waals surface area contributed by atoms with Gasteiger partial charge in [0.05, 0.1) is 12.2 Å². The number of hydrogen-bond acceptors (Lipinski definition) is 6. The van der Waals surface area contributed by atoms with E-state index in [1.54, 1.807) is 0 Å². The molecule has 1 fully saturated rings. The van der Waals surface area contributed by atoms with Gasteiger partial charge in [0.25, 0.3) is 5.89 Å². The lowest BCUT2D eigenvalue weighted by molar-refractivity contribution is 0.341. The van der Waals surface area contributed by atoms with Gasteiger partial charge in [0, 0.05) is 13.0 Å². The quantitative estimate of drug-likeness (QED) is 0.865. The van der Waals surface area contributed by atoms with Gasteiger partial charge < -0.3 is 9.84 Å². The maximum absolute atomic E-state index is 5.15. The van der Waals surface area contributed by atoms with Gasteiger partial charge >= 0.3 is 0 Å². The van der Waals surface area contributed by atoms with Crippen LogP contribution >= 0.6 is 0 Å². The summed E-state index contributed by atoms with van der Waals surface area (Å²) in [5.74, 6) is 1.14. The van der Waals surface area contributed by atoms with Crippen LogP contribution in [0.3, 0.4) is 0 Å². The summed E-state index contributed by atoms with van der Waals surface area (Å²) in [7, 11) is 0. The van der Waals surface area contributed by atoms with Gasteiger partial charge in [0.2, 0.25) is 0 Å². The molecule has 7 nitrogen and oxygen atoms in total. The van der Waals surface area contributed by atoms with Crippen molar-refractivity contribution in [2.24, 2.45) is 0 Å². The van der Waals surface area contributed by atoms with Crippen molar-refractivity contribution in [2.45, 2.75) is 32.2 Å². The molecule has 1 N–H and O–H groups in total. The van der Waals surface area contributed by atoms with E-state index in [0.717, 1.165) is 25.9 Å². The summed E-state index contributed by atoms with van der Waals surface area (Å²) < 4.78 is 7.04. The zero-order chi connectivity index (χ0) is 12.4. The van der Waals surface area contributed by atoms with Gasteiger partial charge in [-0.15, -0.1) is 5.10 Å². The van der Waals surface area contributed by atoms with E-state index in [1.807, 2.05) is 17.8 Å². The molecule has 18 heavy (non-hydrogen) atoms. The average Bonchev–Trinajstić information content (AvgIpc) is 3.08. The lowest BCUT2D eigenvalue weighted by Crippen LogP contribution is -2.31. The van der Waals surface area contributed by atoms with Crippen LogP contribution in [0.15, 0.2) is 10.7 Å². The molecule has 2 aromatic heterocycles. The second-order valence-corrected chi connectivity index (χ2v) is 4.45. The van der Waals surface area contributed by atoms with Crippen LogP contribution in [0.25, 0.3) is 11.6 Å². The summed E-state index contributed by atoms with van der Waals surface area (Å²) in [4.78, 5) is 4.25. The van der Waals surface area contributed by atoms with E-state index in [0.29, 0.717) is 23.5 Å². The van der Waals surface area contributed by atoms with Crippen LogP contribution in [0, 0.1) is 0 Å². The number of piperidine rings is 1. The van der Waals surface area contributed by atoms with E-state index < -0.39 is 0 Å². The predicted molar refractivity (Wildman–Crippen MR) is 63.8 cm³/mol. The number of aryl methyl sites for hydroxylation is 1. The highest BCUT2D eigenvalue weighted by molar-refractivity contribution is 5.43. The smallest absolute Gasteiger partial charge is 0.280 e. The van der Waals surface area contributed by atoms with Crippen LogP contribution in [0.5, 0.6) is 0 Å². The summed E-state index contributed by atoms with van der Waals surface area (Å²) in [6, 6.07) is 0.369. The van der Waals surface area contributed by atoms with Gasteiger partial charge in [-0.25, -0.2) is 4.68 Å². The van der Waals surface area contributed by atoms with E-state index in [2.05, 4.69) is 25.8 Å². The van der Waals surface area contributed by atoms with Crippen LogP contribution in [0.2, 0.25) is 0 Å². The Morgan fingerprint density at radius 1 is 1.56 bits per heavy atom. The summed E-state index contributed by atoms with van der Waals surface area (Å²) >= 11 is 0. The molecule has 1 unspecified atom stereocenters. The molecule has 0 spiro atoms. The number of rotatable bonds is 3. The van der Waals surface area contributed by atoms with Crippen molar-refractivity contribution in [3.63, 3.8) is 0 Å². The zero-order valence-corrected chi connectivity index (χ0v) is 10.3. The van der Waals surface area contributed by atoms with Crippen LogP contribution in [0.1, 0.15) is 31.6 Å². The molecule has 1 atom stereocenters. The van der Waals surface area contributed by atoms with E-state index in [4.69, 9.17) is 4.52 Å². The minimum Gasteiger partial charge on any atom is -0.332 e. The van der Waals surface area contributed by atoms with Gasteiger partial charge in [0.15, 0.2) is 11.5 Å². The van der Waals surface area contributed by atoms with Gasteiger partial charge in [-0.3, -0.25) is 0 Å². The number of aromatic nitrogens is 5. The summed E-state index contributed by atoms with van der Waals surface area (Å²) in [5, 5.41) is 15.5. The standard InChI is InChI=1S/C11H16N6O/c1-2-10-13-11(18-15-10)9-7-17(16-14-9)8-4-3-5-12-6-8/h7-8,12H,2-6H2,1H3. The van der Waals surface area contributed by atoms with Crippen LogP contribution in [0.4, 0.5) is 0 Å². The third-order valence-corrected chi connectivity index (χ3v) is 3.16. The van der Waals surface area contributed by atoms with E-state index >= 15 is 0 Å². The van der Waals surface area contributed by atoms with Crippen molar-refractivity contribution in [1.82, 2.24) is 30.5 Å². The molecular weight excluding hydrogens is 232 g/mol. The summed E-state index contributed by atoms with van der Waals surface area (Å²) in [6.07, 6.45) is 4.93. The van der Waals surface area contributed by atoms with Crippen molar-refractivity contribution in [3.05, 3.63) is 12.0 Å². The number of nitrogens with one attached hydrogen (secondary N) is 1. The van der Waals surface area contributed by atoms with Gasteiger partial charge in [-0.2, -0.15) is 4.98 Å². The van der Waals surface area contributed by atoms with E-state index in [-0.39, 0.29) is 0 Å². The Bertz CT molecular complexity index is 513. The van der Waals surface area contributed by atoms with Crippen molar-refractivity contribution in [2.75, 3.05) is 13.1 Å². The summed E-state index contributed by atoms with van der Waals surface area (Å²) in [6.45, 7) is 4.01. The molecule has 0 aliphatic carbocycles. The third-order valence-electron chi connectivity index (χ3n) is 3.16. The first-order valence-corrected chi connectivity index (χ1v) is 6.32. The molecule has 7 heteroatoms. The molecule has 0 amide bonds. The molecule has 3 rings (SSSR count). The highest BCUT2D eigenvalue weighted by Gasteiger charge is 2.18. The lowest BCUT2D eigenvalue weighted by Gasteiger charge is -2.22. The fraction of sp³-hybridized carbons (Fsp3) is 0.636. The zero-order valence-electron chi connectivity index (χ0n) is 10.3. The third kappa shape index (κ3) is 2.13. The molecular formula is C11H16N6O. The summed E-state index contributed by atoms with van der Waals surface area (Å²) in [5.41, 5.74) is 0.646. The molecule has 96 valence electrons. The van der Waals surface area contributed by atoms with Crippen LogP contribution in [-0.2, 0) is 6.42 Å². The maximum atomic E-state index is 5.15. The molecule has 1 aliphatic heterocycles. The topological polar surface area (TPSA) is 81.7 Å². The normalized spacial score (nSPS) is 20.2. The first-order valence-electron chi connectivity index (χ1n) is 6.32. The Balaban J connectivity index is 1.79. The molecule has 0 saturated carbocycles. The van der Waals surface area contributed by atoms with Crippen LogP contribution < -0.4 is 5.32 Å². The van der Waals surface area contributed by atoms with Crippen molar-refractivity contribution in [3.8, 4) is 11.6 Å². The largest absolute Gasteiger partial charge is 0.332 e. The van der Waals surface area contributed by atoms with Gasteiger partial charge in [-0.1, -0.05) is 17.3 Å². The fourth-order valence-electron chi connectivity index (χ4n) is 2.11. The monoisotopic (exact) mass is 248 g/mol. The SMILES string of the molecule is CCc1noc(-c2cn(C3CCCNC3)nn2)n1. The van der Waals surface area contributed by atoms with Crippen LogP contribution in [-0.4, -0.2) is 38.2 Å². The molecule has 0 aromatic carbocycles.